The van der Waals surface area contributed by atoms with Crippen LogP contribution in [0.2, 0.25) is 0 Å². The summed E-state index contributed by atoms with van der Waals surface area (Å²) >= 11 is 0. The van der Waals surface area contributed by atoms with Gasteiger partial charge in [-0.1, -0.05) is 6.42 Å². The Kier molecular flexibility index (Phi) is 6.87. The molecule has 0 saturated heterocycles. The number of nitrogens with two attached hydrogens (primary N) is 1. The van der Waals surface area contributed by atoms with E-state index in [1.165, 1.54) is 6.42 Å². The van der Waals surface area contributed by atoms with Crippen molar-refractivity contribution in [2.75, 3.05) is 6.54 Å². The van der Waals surface area contributed by atoms with Gasteiger partial charge in [-0.15, -0.1) is 12.4 Å². The van der Waals surface area contributed by atoms with Crippen molar-refractivity contribution in [1.29, 1.82) is 0 Å². The topological polar surface area (TPSA) is 64.3 Å². The van der Waals surface area contributed by atoms with Crippen molar-refractivity contribution in [3.63, 3.8) is 0 Å². The lowest BCUT2D eigenvalue weighted by molar-refractivity contribution is 0.0485. The third-order valence-electron chi connectivity index (χ3n) is 2.84. The molecular weight excluding hydrogens is 240 g/mol. The minimum atomic E-state index is -0.425. The average Bonchev–Trinajstić information content (AvgIpc) is 2.15. The Balaban J connectivity index is 0.00000256. The molecule has 3 N–H and O–H groups in total. The summed E-state index contributed by atoms with van der Waals surface area (Å²) in [4.78, 5) is 11.6. The first kappa shape index (κ1) is 16.5. The number of rotatable bonds is 2. The second-order valence-electron chi connectivity index (χ2n) is 5.61. The van der Waals surface area contributed by atoms with Crippen LogP contribution in [0, 0.1) is 5.92 Å². The molecule has 17 heavy (non-hydrogen) atoms. The van der Waals surface area contributed by atoms with Crippen molar-refractivity contribution in [3.8, 4) is 0 Å². The van der Waals surface area contributed by atoms with Crippen LogP contribution >= 0.6 is 12.4 Å². The van der Waals surface area contributed by atoms with Gasteiger partial charge in [-0.05, 0) is 52.5 Å². The van der Waals surface area contributed by atoms with Gasteiger partial charge >= 0.3 is 6.09 Å². The second-order valence-corrected chi connectivity index (χ2v) is 5.61. The molecular formula is C12H25ClN2O2. The van der Waals surface area contributed by atoms with E-state index in [9.17, 15) is 4.79 Å². The first-order valence-corrected chi connectivity index (χ1v) is 6.10. The largest absolute Gasteiger partial charge is 0.444 e. The Morgan fingerprint density at radius 3 is 2.59 bits per heavy atom. The molecule has 0 aliphatic heterocycles. The van der Waals surface area contributed by atoms with Gasteiger partial charge in [-0.3, -0.25) is 0 Å². The van der Waals surface area contributed by atoms with Gasteiger partial charge in [0, 0.05) is 6.04 Å². The smallest absolute Gasteiger partial charge is 0.407 e. The molecule has 0 bridgehead atoms. The van der Waals surface area contributed by atoms with Crippen molar-refractivity contribution in [1.82, 2.24) is 5.32 Å². The number of carbonyl (C=O) groups excluding carboxylic acids is 1. The van der Waals surface area contributed by atoms with Crippen LogP contribution in [0.15, 0.2) is 0 Å². The summed E-state index contributed by atoms with van der Waals surface area (Å²) in [6.07, 6.45) is 4.03. The number of hydrogen-bond donors (Lipinski definition) is 2. The molecule has 102 valence electrons. The van der Waals surface area contributed by atoms with E-state index in [-0.39, 0.29) is 24.5 Å². The van der Waals surface area contributed by atoms with E-state index in [0.29, 0.717) is 12.5 Å². The Labute approximate surface area is 110 Å². The van der Waals surface area contributed by atoms with Gasteiger partial charge in [0.15, 0.2) is 0 Å². The van der Waals surface area contributed by atoms with Crippen LogP contribution < -0.4 is 11.1 Å². The van der Waals surface area contributed by atoms with Crippen molar-refractivity contribution >= 4 is 18.5 Å². The number of carbonyl (C=O) groups is 1. The molecule has 1 aliphatic rings. The maximum atomic E-state index is 11.6. The van der Waals surface area contributed by atoms with E-state index in [2.05, 4.69) is 5.32 Å². The summed E-state index contributed by atoms with van der Waals surface area (Å²) < 4.78 is 5.23. The van der Waals surface area contributed by atoms with Crippen LogP contribution in [0.25, 0.3) is 0 Å². The van der Waals surface area contributed by atoms with E-state index in [1.54, 1.807) is 0 Å². The zero-order chi connectivity index (χ0) is 12.2. The summed E-state index contributed by atoms with van der Waals surface area (Å²) in [6.45, 7) is 6.33. The predicted octanol–water partition coefficient (Wildman–Crippen LogP) is 2.45. The molecule has 0 aromatic rings. The third kappa shape index (κ3) is 6.74. The Morgan fingerprint density at radius 1 is 1.41 bits per heavy atom. The molecule has 1 fully saturated rings. The molecule has 0 spiro atoms. The number of nitrogens with one attached hydrogen (secondary N) is 1. The van der Waals surface area contributed by atoms with Crippen molar-refractivity contribution in [2.45, 2.75) is 58.1 Å². The van der Waals surface area contributed by atoms with Crippen molar-refractivity contribution in [2.24, 2.45) is 11.7 Å². The van der Waals surface area contributed by atoms with Gasteiger partial charge in [0.25, 0.3) is 0 Å². The molecule has 0 aromatic carbocycles. The number of halogens is 1. The third-order valence-corrected chi connectivity index (χ3v) is 2.84. The summed E-state index contributed by atoms with van der Waals surface area (Å²) in [6, 6.07) is 0.233. The zero-order valence-corrected chi connectivity index (χ0v) is 11.8. The lowest BCUT2D eigenvalue weighted by Crippen LogP contribution is -2.42. The van der Waals surface area contributed by atoms with E-state index >= 15 is 0 Å². The van der Waals surface area contributed by atoms with Gasteiger partial charge < -0.3 is 15.8 Å². The summed E-state index contributed by atoms with van der Waals surface area (Å²) in [5.74, 6) is 0.550. The minimum Gasteiger partial charge on any atom is -0.444 e. The lowest BCUT2D eigenvalue weighted by Gasteiger charge is -2.30. The number of amides is 1. The van der Waals surface area contributed by atoms with Crippen LogP contribution in [0.5, 0.6) is 0 Å². The monoisotopic (exact) mass is 264 g/mol. The standard InChI is InChI=1S/C12H24N2O2.ClH/c1-12(2,3)16-11(15)14-10-6-4-5-9(7-10)8-13;/h9-10H,4-8,13H2,1-3H3,(H,14,15);1H. The van der Waals surface area contributed by atoms with Crippen LogP contribution in [0.4, 0.5) is 4.79 Å². The summed E-state index contributed by atoms with van der Waals surface area (Å²) in [7, 11) is 0. The second kappa shape index (κ2) is 7.07. The molecule has 0 radical (unpaired) electrons. The highest BCUT2D eigenvalue weighted by Gasteiger charge is 2.24. The van der Waals surface area contributed by atoms with Crippen LogP contribution in [0.3, 0.4) is 0 Å². The number of ether oxygens (including phenoxy) is 1. The summed E-state index contributed by atoms with van der Waals surface area (Å²) in [5.41, 5.74) is 5.23. The maximum absolute atomic E-state index is 11.6. The maximum Gasteiger partial charge on any atom is 0.407 e. The van der Waals surface area contributed by atoms with Crippen LogP contribution in [-0.2, 0) is 4.74 Å². The molecule has 2 atom stereocenters. The van der Waals surface area contributed by atoms with Crippen molar-refractivity contribution in [3.05, 3.63) is 0 Å². The fraction of sp³-hybridized carbons (Fsp3) is 0.917. The molecule has 2 unspecified atom stereocenters. The van der Waals surface area contributed by atoms with Gasteiger partial charge in [0.2, 0.25) is 0 Å². The zero-order valence-electron chi connectivity index (χ0n) is 11.0. The first-order valence-electron chi connectivity index (χ1n) is 6.10. The molecule has 1 rings (SSSR count). The Hall–Kier alpha value is -0.480. The molecule has 1 saturated carbocycles. The normalized spacial score (nSPS) is 24.7. The number of hydrogen-bond acceptors (Lipinski definition) is 3. The molecule has 0 aromatic heterocycles. The fourth-order valence-electron chi connectivity index (χ4n) is 2.11. The van der Waals surface area contributed by atoms with E-state index < -0.39 is 5.60 Å². The van der Waals surface area contributed by atoms with Gasteiger partial charge in [0.1, 0.15) is 5.60 Å². The van der Waals surface area contributed by atoms with Gasteiger partial charge in [-0.25, -0.2) is 4.79 Å². The predicted molar refractivity (Wildman–Crippen MR) is 71.4 cm³/mol. The molecule has 4 nitrogen and oxygen atoms in total. The van der Waals surface area contributed by atoms with Crippen LogP contribution in [-0.4, -0.2) is 24.3 Å². The number of alkyl carbamates (subject to hydrolysis) is 1. The SMILES string of the molecule is CC(C)(C)OC(=O)NC1CCCC(CN)C1.Cl. The molecule has 1 amide bonds. The first-order chi connectivity index (χ1) is 7.40. The van der Waals surface area contributed by atoms with Gasteiger partial charge in [-0.2, -0.15) is 0 Å². The van der Waals surface area contributed by atoms with Gasteiger partial charge in [0.05, 0.1) is 0 Å². The molecule has 0 heterocycles. The van der Waals surface area contributed by atoms with Crippen molar-refractivity contribution < 1.29 is 9.53 Å². The Morgan fingerprint density at radius 2 is 2.06 bits per heavy atom. The van der Waals surface area contributed by atoms with Crippen LogP contribution in [0.1, 0.15) is 46.5 Å². The minimum absolute atomic E-state index is 0. The highest BCUT2D eigenvalue weighted by Crippen LogP contribution is 2.23. The molecule has 1 aliphatic carbocycles. The van der Waals surface area contributed by atoms with E-state index in [4.69, 9.17) is 10.5 Å². The Bertz CT molecular complexity index is 241. The highest BCUT2D eigenvalue weighted by molar-refractivity contribution is 5.85. The quantitative estimate of drug-likeness (QED) is 0.805. The summed E-state index contributed by atoms with van der Waals surface area (Å²) in [5, 5.41) is 2.92. The molecule has 5 heteroatoms. The lowest BCUT2D eigenvalue weighted by atomic mass is 9.86. The average molecular weight is 265 g/mol. The van der Waals surface area contributed by atoms with E-state index in [0.717, 1.165) is 19.3 Å². The highest BCUT2D eigenvalue weighted by atomic mass is 35.5. The van der Waals surface area contributed by atoms with E-state index in [1.807, 2.05) is 20.8 Å². The fourth-order valence-corrected chi connectivity index (χ4v) is 2.11.